The maximum atomic E-state index is 3.73. The molecule has 1 aromatic carbocycles. The number of benzene rings is 1. The SMILES string of the molecule is C[C@@]12NCCC[C@]1(C)Sc1ccccc12. The number of thioether (sulfide) groups is 1. The Morgan fingerprint density at radius 1 is 1.27 bits per heavy atom. The zero-order valence-electron chi connectivity index (χ0n) is 9.34. The van der Waals surface area contributed by atoms with Crippen molar-refractivity contribution in [2.45, 2.75) is 41.9 Å². The molecule has 0 aromatic heterocycles. The lowest BCUT2D eigenvalue weighted by Crippen LogP contribution is -2.56. The van der Waals surface area contributed by atoms with E-state index in [1.807, 2.05) is 0 Å². The smallest absolute Gasteiger partial charge is 0.0566 e. The normalized spacial score (nSPS) is 38.5. The Morgan fingerprint density at radius 3 is 2.93 bits per heavy atom. The fourth-order valence-electron chi connectivity index (χ4n) is 2.95. The van der Waals surface area contributed by atoms with Crippen LogP contribution < -0.4 is 5.32 Å². The topological polar surface area (TPSA) is 12.0 Å². The molecule has 2 heterocycles. The Balaban J connectivity index is 2.17. The first-order chi connectivity index (χ1) is 7.16. The molecule has 1 nitrogen and oxygen atoms in total. The highest BCUT2D eigenvalue weighted by molar-refractivity contribution is 8.01. The molecule has 0 amide bonds. The van der Waals surface area contributed by atoms with Crippen LogP contribution in [0.15, 0.2) is 29.2 Å². The van der Waals surface area contributed by atoms with Crippen molar-refractivity contribution >= 4 is 11.8 Å². The second kappa shape index (κ2) is 3.02. The molecule has 0 aliphatic carbocycles. The van der Waals surface area contributed by atoms with Crippen molar-refractivity contribution in [1.82, 2.24) is 5.32 Å². The van der Waals surface area contributed by atoms with Gasteiger partial charge < -0.3 is 5.32 Å². The first-order valence-electron chi connectivity index (χ1n) is 5.69. The molecule has 1 saturated heterocycles. The number of hydrogen-bond acceptors (Lipinski definition) is 2. The van der Waals surface area contributed by atoms with Crippen molar-refractivity contribution in [2.75, 3.05) is 6.54 Å². The van der Waals surface area contributed by atoms with E-state index in [1.165, 1.54) is 23.3 Å². The van der Waals surface area contributed by atoms with E-state index in [0.29, 0.717) is 4.75 Å². The average molecular weight is 219 g/mol. The molecule has 0 bridgehead atoms. The second-order valence-electron chi connectivity index (χ2n) is 4.98. The van der Waals surface area contributed by atoms with Crippen LogP contribution in [0.1, 0.15) is 32.3 Å². The molecule has 2 aliphatic rings. The van der Waals surface area contributed by atoms with Crippen molar-refractivity contribution < 1.29 is 0 Å². The van der Waals surface area contributed by atoms with Crippen molar-refractivity contribution in [3.63, 3.8) is 0 Å². The van der Waals surface area contributed by atoms with E-state index >= 15 is 0 Å². The number of nitrogens with one attached hydrogen (secondary N) is 1. The Kier molecular flexibility index (Phi) is 1.96. The minimum Gasteiger partial charge on any atom is -0.306 e. The summed E-state index contributed by atoms with van der Waals surface area (Å²) in [6.07, 6.45) is 2.61. The van der Waals surface area contributed by atoms with Crippen LogP contribution in [-0.4, -0.2) is 11.3 Å². The van der Waals surface area contributed by atoms with Gasteiger partial charge in [0.25, 0.3) is 0 Å². The van der Waals surface area contributed by atoms with Crippen LogP contribution in [0.3, 0.4) is 0 Å². The minimum absolute atomic E-state index is 0.173. The number of hydrogen-bond donors (Lipinski definition) is 1. The van der Waals surface area contributed by atoms with Crippen molar-refractivity contribution in [1.29, 1.82) is 0 Å². The standard InChI is InChI=1S/C13H17NS/c1-12-8-5-9-14-13(12,2)10-6-3-4-7-11(10)15-12/h3-4,6-7,14H,5,8-9H2,1-2H3/t12-,13-/m0/s1. The van der Waals surface area contributed by atoms with Gasteiger partial charge in [0.2, 0.25) is 0 Å². The molecule has 3 rings (SSSR count). The molecule has 0 spiro atoms. The van der Waals surface area contributed by atoms with Crippen molar-refractivity contribution in [3.8, 4) is 0 Å². The zero-order valence-corrected chi connectivity index (χ0v) is 10.2. The van der Waals surface area contributed by atoms with Gasteiger partial charge in [-0.3, -0.25) is 0 Å². The molecule has 2 aliphatic heterocycles. The van der Waals surface area contributed by atoms with Crippen molar-refractivity contribution in [3.05, 3.63) is 29.8 Å². The van der Waals surface area contributed by atoms with Gasteiger partial charge in [0.1, 0.15) is 0 Å². The van der Waals surface area contributed by atoms with Gasteiger partial charge in [-0.25, -0.2) is 0 Å². The van der Waals surface area contributed by atoms with Gasteiger partial charge in [0.15, 0.2) is 0 Å². The van der Waals surface area contributed by atoms with Gasteiger partial charge in [-0.2, -0.15) is 0 Å². The minimum atomic E-state index is 0.173. The molecule has 0 radical (unpaired) electrons. The van der Waals surface area contributed by atoms with E-state index in [0.717, 1.165) is 6.54 Å². The van der Waals surface area contributed by atoms with E-state index in [1.54, 1.807) is 0 Å². The number of rotatable bonds is 0. The molecule has 2 heteroatoms. The largest absolute Gasteiger partial charge is 0.306 e. The third-order valence-electron chi connectivity index (χ3n) is 4.13. The highest BCUT2D eigenvalue weighted by atomic mass is 32.2. The fourth-order valence-corrected chi connectivity index (χ4v) is 4.59. The Morgan fingerprint density at radius 2 is 2.07 bits per heavy atom. The summed E-state index contributed by atoms with van der Waals surface area (Å²) in [4.78, 5) is 1.47. The third-order valence-corrected chi connectivity index (χ3v) is 5.77. The van der Waals surface area contributed by atoms with Crippen LogP contribution in [-0.2, 0) is 5.54 Å². The molecule has 80 valence electrons. The Bertz CT molecular complexity index is 403. The molecule has 1 fully saturated rings. The van der Waals surface area contributed by atoms with Crippen LogP contribution in [0.2, 0.25) is 0 Å². The highest BCUT2D eigenvalue weighted by Gasteiger charge is 2.53. The highest BCUT2D eigenvalue weighted by Crippen LogP contribution is 2.58. The predicted molar refractivity (Wildman–Crippen MR) is 65.3 cm³/mol. The lowest BCUT2D eigenvalue weighted by Gasteiger charge is -2.45. The third kappa shape index (κ3) is 1.15. The van der Waals surface area contributed by atoms with E-state index in [9.17, 15) is 0 Å². The van der Waals surface area contributed by atoms with Crippen molar-refractivity contribution in [2.24, 2.45) is 0 Å². The zero-order chi connectivity index (χ0) is 10.5. The maximum Gasteiger partial charge on any atom is 0.0566 e. The molecule has 2 atom stereocenters. The fraction of sp³-hybridized carbons (Fsp3) is 0.538. The summed E-state index contributed by atoms with van der Waals surface area (Å²) in [6.45, 7) is 5.93. The summed E-state index contributed by atoms with van der Waals surface area (Å²) in [5.41, 5.74) is 1.67. The molecular formula is C13H17NS. The summed E-state index contributed by atoms with van der Waals surface area (Å²) < 4.78 is 0.342. The van der Waals surface area contributed by atoms with Gasteiger partial charge in [0, 0.05) is 9.64 Å². The monoisotopic (exact) mass is 219 g/mol. The van der Waals surface area contributed by atoms with E-state index in [2.05, 4.69) is 55.2 Å². The lowest BCUT2D eigenvalue weighted by atomic mass is 9.75. The summed E-state index contributed by atoms with van der Waals surface area (Å²) in [6, 6.07) is 8.85. The average Bonchev–Trinajstić information content (AvgIpc) is 2.47. The van der Waals surface area contributed by atoms with E-state index < -0.39 is 0 Å². The van der Waals surface area contributed by atoms with Crippen LogP contribution >= 0.6 is 11.8 Å². The van der Waals surface area contributed by atoms with Gasteiger partial charge in [0.05, 0.1) is 5.54 Å². The van der Waals surface area contributed by atoms with Gasteiger partial charge in [-0.1, -0.05) is 18.2 Å². The Labute approximate surface area is 95.6 Å². The second-order valence-corrected chi connectivity index (χ2v) is 6.53. The van der Waals surface area contributed by atoms with Gasteiger partial charge >= 0.3 is 0 Å². The van der Waals surface area contributed by atoms with E-state index in [-0.39, 0.29) is 5.54 Å². The molecule has 0 saturated carbocycles. The van der Waals surface area contributed by atoms with Crippen LogP contribution in [0.25, 0.3) is 0 Å². The van der Waals surface area contributed by atoms with Crippen LogP contribution in [0, 0.1) is 0 Å². The number of piperidine rings is 1. The molecular weight excluding hydrogens is 202 g/mol. The molecule has 1 N–H and O–H groups in total. The maximum absolute atomic E-state index is 3.73. The first kappa shape index (κ1) is 9.73. The lowest BCUT2D eigenvalue weighted by molar-refractivity contribution is 0.229. The van der Waals surface area contributed by atoms with Crippen LogP contribution in [0.5, 0.6) is 0 Å². The molecule has 0 unspecified atom stereocenters. The predicted octanol–water partition coefficient (Wildman–Crippen LogP) is 3.15. The summed E-state index contributed by atoms with van der Waals surface area (Å²) in [5, 5.41) is 3.73. The quantitative estimate of drug-likeness (QED) is 0.719. The Hall–Kier alpha value is -0.470. The summed E-state index contributed by atoms with van der Waals surface area (Å²) >= 11 is 2.06. The number of fused-ring (bicyclic) bond motifs is 3. The summed E-state index contributed by atoms with van der Waals surface area (Å²) in [7, 11) is 0. The van der Waals surface area contributed by atoms with E-state index in [4.69, 9.17) is 0 Å². The van der Waals surface area contributed by atoms with Crippen LogP contribution in [0.4, 0.5) is 0 Å². The molecule has 1 aromatic rings. The van der Waals surface area contributed by atoms with Gasteiger partial charge in [-0.05, 0) is 44.9 Å². The summed E-state index contributed by atoms with van der Waals surface area (Å²) in [5.74, 6) is 0. The molecule has 15 heavy (non-hydrogen) atoms. The van der Waals surface area contributed by atoms with Gasteiger partial charge in [-0.15, -0.1) is 11.8 Å². The first-order valence-corrected chi connectivity index (χ1v) is 6.51.